The van der Waals surface area contributed by atoms with Crippen LogP contribution in [0.2, 0.25) is 0 Å². The predicted molar refractivity (Wildman–Crippen MR) is 157 cm³/mol. The van der Waals surface area contributed by atoms with E-state index in [1.54, 1.807) is 0 Å². The molecule has 0 atom stereocenters. The molecule has 0 fully saturated rings. The number of nitrogens with zero attached hydrogens (tertiary/aromatic N) is 1. The minimum atomic E-state index is -0.0710. The van der Waals surface area contributed by atoms with Gasteiger partial charge in [-0.15, -0.1) is 0 Å². The highest BCUT2D eigenvalue weighted by Gasteiger charge is 2.18. The molecular weight excluding hydrogens is 482 g/mol. The summed E-state index contributed by atoms with van der Waals surface area (Å²) in [4.78, 5) is 25.0. The Kier molecular flexibility index (Phi) is 8.36. The Morgan fingerprint density at radius 3 is 2.26 bits per heavy atom. The van der Waals surface area contributed by atoms with Crippen molar-refractivity contribution in [2.75, 3.05) is 6.54 Å². The number of fused-ring (bicyclic) bond motifs is 1. The van der Waals surface area contributed by atoms with E-state index < -0.39 is 0 Å². The van der Waals surface area contributed by atoms with Gasteiger partial charge in [-0.3, -0.25) is 9.59 Å². The number of benzene rings is 3. The molecule has 0 unspecified atom stereocenters. The summed E-state index contributed by atoms with van der Waals surface area (Å²) in [5.74, 6) is -0.0710. The topological polar surface area (TPSA) is 74.8 Å². The number of carbonyl (C=O) groups is 1. The molecule has 1 heterocycles. The Balaban J connectivity index is 1.13. The van der Waals surface area contributed by atoms with Gasteiger partial charge in [0.25, 0.3) is 11.5 Å². The standard InChI is InChI=1S/C34H37N3O2/c1-23-10-11-27(20-24(23)2)17-16-25-12-14-26(15-13-25)18-19-35-33(38)29-7-5-6-28(21-29)22-32-30-8-3-4-9-31(30)34(39)37-36-32/h5-7,10-15,20-21H,3-4,8-9,16-19,22H2,1-2H3,(H,35,38)(H,37,39). The third-order valence-corrected chi connectivity index (χ3v) is 7.94. The molecule has 0 saturated carbocycles. The van der Waals surface area contributed by atoms with Crippen LogP contribution < -0.4 is 10.9 Å². The van der Waals surface area contributed by atoms with Crippen LogP contribution in [0.5, 0.6) is 0 Å². The van der Waals surface area contributed by atoms with Gasteiger partial charge in [-0.1, -0.05) is 54.6 Å². The summed E-state index contributed by atoms with van der Waals surface area (Å²) in [6.45, 7) is 4.90. The second-order valence-electron chi connectivity index (χ2n) is 10.8. The highest BCUT2D eigenvalue weighted by atomic mass is 16.1. The zero-order valence-corrected chi connectivity index (χ0v) is 23.0. The number of rotatable bonds is 9. The number of H-pyrrole nitrogens is 1. The van der Waals surface area contributed by atoms with Gasteiger partial charge >= 0.3 is 0 Å². The van der Waals surface area contributed by atoms with Gasteiger partial charge in [0.05, 0.1) is 5.69 Å². The van der Waals surface area contributed by atoms with Gasteiger partial charge in [-0.25, -0.2) is 5.10 Å². The molecule has 0 spiro atoms. The van der Waals surface area contributed by atoms with Gasteiger partial charge < -0.3 is 5.32 Å². The van der Waals surface area contributed by atoms with Crippen LogP contribution in [0.25, 0.3) is 0 Å². The molecule has 4 aromatic rings. The number of amides is 1. The van der Waals surface area contributed by atoms with Crippen LogP contribution in [0.3, 0.4) is 0 Å². The summed E-state index contributed by atoms with van der Waals surface area (Å²) in [5.41, 5.74) is 11.1. The molecule has 2 N–H and O–H groups in total. The molecule has 1 amide bonds. The second kappa shape index (κ2) is 12.2. The van der Waals surface area contributed by atoms with Crippen molar-refractivity contribution in [1.82, 2.24) is 15.5 Å². The van der Waals surface area contributed by atoms with Crippen molar-refractivity contribution in [2.24, 2.45) is 0 Å². The maximum atomic E-state index is 12.9. The van der Waals surface area contributed by atoms with E-state index in [1.165, 1.54) is 27.8 Å². The Morgan fingerprint density at radius 1 is 0.795 bits per heavy atom. The largest absolute Gasteiger partial charge is 0.352 e. The van der Waals surface area contributed by atoms with Crippen molar-refractivity contribution in [3.05, 3.63) is 133 Å². The summed E-state index contributed by atoms with van der Waals surface area (Å²) < 4.78 is 0. The van der Waals surface area contributed by atoms with Gasteiger partial charge in [-0.2, -0.15) is 5.10 Å². The minimum absolute atomic E-state index is 0.0615. The molecule has 1 aromatic heterocycles. The van der Waals surface area contributed by atoms with Gasteiger partial charge in [0.1, 0.15) is 0 Å². The lowest BCUT2D eigenvalue weighted by molar-refractivity contribution is 0.0954. The molecule has 5 rings (SSSR count). The van der Waals surface area contributed by atoms with Crippen LogP contribution in [-0.2, 0) is 38.5 Å². The lowest BCUT2D eigenvalue weighted by Gasteiger charge is -2.17. The fourth-order valence-electron chi connectivity index (χ4n) is 5.43. The molecule has 0 saturated heterocycles. The third kappa shape index (κ3) is 6.72. The first-order valence-electron chi connectivity index (χ1n) is 14.1. The summed E-state index contributed by atoms with van der Waals surface area (Å²) in [6, 6.07) is 23.2. The molecule has 1 aliphatic rings. The van der Waals surface area contributed by atoms with Gasteiger partial charge in [0, 0.05) is 24.1 Å². The number of aromatic amines is 1. The Bertz CT molecular complexity index is 1520. The number of hydrogen-bond donors (Lipinski definition) is 2. The van der Waals surface area contributed by atoms with Crippen LogP contribution in [0, 0.1) is 13.8 Å². The molecule has 1 aliphatic carbocycles. The average molecular weight is 520 g/mol. The van der Waals surface area contributed by atoms with Crippen molar-refractivity contribution in [1.29, 1.82) is 0 Å². The summed E-state index contributed by atoms with van der Waals surface area (Å²) in [7, 11) is 0. The monoisotopic (exact) mass is 519 g/mol. The van der Waals surface area contributed by atoms with Gasteiger partial charge in [0.2, 0.25) is 0 Å². The predicted octanol–water partition coefficient (Wildman–Crippen LogP) is 5.61. The highest BCUT2D eigenvalue weighted by Crippen LogP contribution is 2.22. The molecule has 3 aromatic carbocycles. The summed E-state index contributed by atoms with van der Waals surface area (Å²) >= 11 is 0. The molecule has 5 nitrogen and oxygen atoms in total. The van der Waals surface area contributed by atoms with Crippen molar-refractivity contribution in [3.63, 3.8) is 0 Å². The molecule has 39 heavy (non-hydrogen) atoms. The average Bonchev–Trinajstić information content (AvgIpc) is 2.96. The van der Waals surface area contributed by atoms with Gasteiger partial charge in [-0.05, 0) is 110 Å². The summed E-state index contributed by atoms with van der Waals surface area (Å²) in [6.07, 6.45) is 7.31. The SMILES string of the molecule is Cc1ccc(CCc2ccc(CCNC(=O)c3cccc(Cc4n[nH]c(=O)c5c4CCCC5)c3)cc2)cc1C. The zero-order chi connectivity index (χ0) is 27.2. The van der Waals surface area contributed by atoms with E-state index in [9.17, 15) is 9.59 Å². The fourth-order valence-corrected chi connectivity index (χ4v) is 5.43. The molecular formula is C34H37N3O2. The highest BCUT2D eigenvalue weighted by molar-refractivity contribution is 5.94. The maximum absolute atomic E-state index is 12.9. The normalized spacial score (nSPS) is 12.7. The van der Waals surface area contributed by atoms with Crippen molar-refractivity contribution >= 4 is 5.91 Å². The fraction of sp³-hybridized carbons (Fsp3) is 0.324. The van der Waals surface area contributed by atoms with Gasteiger partial charge in [0.15, 0.2) is 0 Å². The Hall–Kier alpha value is -3.99. The quantitative estimate of drug-likeness (QED) is 0.302. The maximum Gasteiger partial charge on any atom is 0.267 e. The molecule has 0 radical (unpaired) electrons. The first-order valence-corrected chi connectivity index (χ1v) is 14.1. The first kappa shape index (κ1) is 26.6. The third-order valence-electron chi connectivity index (χ3n) is 7.94. The number of aromatic nitrogens is 2. The lowest BCUT2D eigenvalue weighted by Crippen LogP contribution is -2.26. The van der Waals surface area contributed by atoms with E-state index in [0.717, 1.165) is 67.3 Å². The number of carbonyl (C=O) groups excluding carboxylic acids is 1. The summed E-state index contributed by atoms with van der Waals surface area (Å²) in [5, 5.41) is 10.1. The van der Waals surface area contributed by atoms with E-state index in [2.05, 4.69) is 71.8 Å². The molecule has 5 heteroatoms. The van der Waals surface area contributed by atoms with E-state index in [-0.39, 0.29) is 11.5 Å². The Labute approximate surface area is 230 Å². The smallest absolute Gasteiger partial charge is 0.267 e. The van der Waals surface area contributed by atoms with Crippen molar-refractivity contribution < 1.29 is 4.79 Å². The number of aryl methyl sites for hydroxylation is 4. The van der Waals surface area contributed by atoms with E-state index in [1.807, 2.05) is 24.3 Å². The van der Waals surface area contributed by atoms with Crippen LogP contribution >= 0.6 is 0 Å². The van der Waals surface area contributed by atoms with E-state index in [0.29, 0.717) is 18.5 Å². The number of nitrogens with one attached hydrogen (secondary N) is 2. The van der Waals surface area contributed by atoms with Crippen molar-refractivity contribution in [2.45, 2.75) is 65.2 Å². The van der Waals surface area contributed by atoms with E-state index in [4.69, 9.17) is 0 Å². The Morgan fingerprint density at radius 2 is 1.49 bits per heavy atom. The van der Waals surface area contributed by atoms with Crippen LogP contribution in [0.15, 0.2) is 71.5 Å². The van der Waals surface area contributed by atoms with Crippen molar-refractivity contribution in [3.8, 4) is 0 Å². The van der Waals surface area contributed by atoms with Crippen LogP contribution in [-0.4, -0.2) is 22.6 Å². The first-order chi connectivity index (χ1) is 19.0. The second-order valence-corrected chi connectivity index (χ2v) is 10.8. The van der Waals surface area contributed by atoms with E-state index >= 15 is 0 Å². The lowest BCUT2D eigenvalue weighted by atomic mass is 9.90. The number of hydrogen-bond acceptors (Lipinski definition) is 3. The molecule has 0 aliphatic heterocycles. The molecule has 0 bridgehead atoms. The molecule has 200 valence electrons. The zero-order valence-electron chi connectivity index (χ0n) is 23.0. The van der Waals surface area contributed by atoms with Crippen LogP contribution in [0.1, 0.15) is 73.4 Å². The van der Waals surface area contributed by atoms with Crippen LogP contribution in [0.4, 0.5) is 0 Å². The minimum Gasteiger partial charge on any atom is -0.352 e.